The number of rotatable bonds is 6. The summed E-state index contributed by atoms with van der Waals surface area (Å²) in [6.07, 6.45) is -0.462. The smallest absolute Gasteiger partial charge is 0.374 e. The highest BCUT2D eigenvalue weighted by atomic mass is 31.1. The van der Waals surface area contributed by atoms with E-state index in [-0.39, 0.29) is 19.2 Å². The van der Waals surface area contributed by atoms with Gasteiger partial charge in [0.2, 0.25) is 5.78 Å². The maximum Gasteiger partial charge on any atom is 0.374 e. The van der Waals surface area contributed by atoms with Gasteiger partial charge < -0.3 is 14.4 Å². The molecule has 0 heterocycles. The van der Waals surface area contributed by atoms with Crippen molar-refractivity contribution in [2.75, 3.05) is 19.1 Å². The van der Waals surface area contributed by atoms with Crippen molar-refractivity contribution in [2.45, 2.75) is 13.3 Å². The van der Waals surface area contributed by atoms with E-state index in [2.05, 4.69) is 4.74 Å². The first kappa shape index (κ1) is 12.3. The number of carbonyl (C=O) groups is 2. The third-order valence-corrected chi connectivity index (χ3v) is 2.47. The second kappa shape index (κ2) is 6.80. The highest BCUT2D eigenvalue weighted by molar-refractivity contribution is 7.44. The van der Waals surface area contributed by atoms with E-state index in [4.69, 9.17) is 5.11 Å². The number of ketones is 1. The predicted molar refractivity (Wildman–Crippen MR) is 47.2 cm³/mol. The molecule has 13 heavy (non-hydrogen) atoms. The van der Waals surface area contributed by atoms with Gasteiger partial charge in [0.25, 0.3) is 0 Å². The molecule has 1 atom stereocenters. The standard InChI is InChI=1S/C7H13O5P/c1-2-12-7(10)6(9)3-4-13(11)5-8/h8,13H,2-5H2,1H3. The summed E-state index contributed by atoms with van der Waals surface area (Å²) in [4.78, 5) is 21.6. The molecule has 0 aliphatic rings. The molecule has 0 aromatic heterocycles. The summed E-state index contributed by atoms with van der Waals surface area (Å²) in [5.74, 6) is -1.58. The van der Waals surface area contributed by atoms with Gasteiger partial charge in [0, 0.05) is 12.6 Å². The van der Waals surface area contributed by atoms with Crippen LogP contribution >= 0.6 is 7.80 Å². The van der Waals surface area contributed by atoms with Gasteiger partial charge >= 0.3 is 5.97 Å². The average Bonchev–Trinajstić information content (AvgIpc) is 2.13. The molecule has 0 bridgehead atoms. The second-order valence-electron chi connectivity index (χ2n) is 2.34. The fraction of sp³-hybridized carbons (Fsp3) is 0.714. The minimum atomic E-state index is -2.09. The van der Waals surface area contributed by atoms with Crippen LogP contribution in [-0.4, -0.2) is 36.0 Å². The minimum Gasteiger partial charge on any atom is -0.460 e. The molecule has 76 valence electrons. The Bertz CT molecular complexity index is 213. The Morgan fingerprint density at radius 3 is 2.54 bits per heavy atom. The molecule has 1 unspecified atom stereocenters. The number of hydrogen-bond donors (Lipinski definition) is 1. The van der Waals surface area contributed by atoms with Gasteiger partial charge in [-0.05, 0) is 6.92 Å². The molecule has 0 spiro atoms. The molecule has 0 rings (SSSR count). The molecule has 0 aliphatic carbocycles. The van der Waals surface area contributed by atoms with E-state index < -0.39 is 25.9 Å². The summed E-state index contributed by atoms with van der Waals surface area (Å²) in [6, 6.07) is 0. The fourth-order valence-corrected chi connectivity index (χ4v) is 1.31. The first-order valence-electron chi connectivity index (χ1n) is 3.94. The van der Waals surface area contributed by atoms with Gasteiger partial charge in [-0.25, -0.2) is 4.79 Å². The zero-order chi connectivity index (χ0) is 10.3. The van der Waals surface area contributed by atoms with Crippen molar-refractivity contribution in [3.05, 3.63) is 0 Å². The molecular formula is C7H13O5P. The van der Waals surface area contributed by atoms with Crippen LogP contribution < -0.4 is 0 Å². The number of carbonyl (C=O) groups excluding carboxylic acids is 2. The van der Waals surface area contributed by atoms with E-state index in [0.717, 1.165) is 0 Å². The summed E-state index contributed by atoms with van der Waals surface area (Å²) in [6.45, 7) is 1.75. The minimum absolute atomic E-state index is 0.0683. The highest BCUT2D eigenvalue weighted by Gasteiger charge is 2.14. The Hall–Kier alpha value is -0.670. The Kier molecular flexibility index (Phi) is 6.45. The number of hydrogen-bond acceptors (Lipinski definition) is 5. The van der Waals surface area contributed by atoms with Crippen LogP contribution in [0.1, 0.15) is 13.3 Å². The third kappa shape index (κ3) is 5.55. The molecule has 0 saturated heterocycles. The average molecular weight is 208 g/mol. The van der Waals surface area contributed by atoms with Crippen LogP contribution in [0, 0.1) is 0 Å². The summed E-state index contributed by atoms with van der Waals surface area (Å²) in [7, 11) is -2.09. The van der Waals surface area contributed by atoms with Crippen molar-refractivity contribution in [1.29, 1.82) is 0 Å². The summed E-state index contributed by atoms with van der Waals surface area (Å²) in [5.41, 5.74) is 0. The lowest BCUT2D eigenvalue weighted by molar-refractivity contribution is -0.153. The van der Waals surface area contributed by atoms with Gasteiger partial charge in [0.15, 0.2) is 0 Å². The van der Waals surface area contributed by atoms with Gasteiger partial charge in [-0.3, -0.25) is 4.79 Å². The van der Waals surface area contributed by atoms with Crippen molar-refractivity contribution in [2.24, 2.45) is 0 Å². The zero-order valence-electron chi connectivity index (χ0n) is 7.41. The lowest BCUT2D eigenvalue weighted by atomic mass is 10.3. The first-order chi connectivity index (χ1) is 6.11. The Balaban J connectivity index is 3.74. The quantitative estimate of drug-likeness (QED) is 0.378. The monoisotopic (exact) mass is 208 g/mol. The molecule has 0 radical (unpaired) electrons. The first-order valence-corrected chi connectivity index (χ1v) is 5.76. The molecule has 0 aromatic carbocycles. The Morgan fingerprint density at radius 1 is 1.46 bits per heavy atom. The van der Waals surface area contributed by atoms with Crippen LogP contribution in [0.4, 0.5) is 0 Å². The van der Waals surface area contributed by atoms with E-state index >= 15 is 0 Å². The van der Waals surface area contributed by atoms with E-state index in [1.807, 2.05) is 0 Å². The zero-order valence-corrected chi connectivity index (χ0v) is 8.41. The van der Waals surface area contributed by atoms with E-state index in [9.17, 15) is 14.2 Å². The second-order valence-corrected chi connectivity index (χ2v) is 4.23. The Morgan fingerprint density at radius 2 is 2.08 bits per heavy atom. The van der Waals surface area contributed by atoms with Crippen molar-refractivity contribution in [3.63, 3.8) is 0 Å². The lowest BCUT2D eigenvalue weighted by Crippen LogP contribution is -2.17. The van der Waals surface area contributed by atoms with Gasteiger partial charge in [0.1, 0.15) is 7.80 Å². The molecule has 5 nitrogen and oxygen atoms in total. The molecule has 0 amide bonds. The van der Waals surface area contributed by atoms with Crippen LogP contribution in [-0.2, 0) is 18.9 Å². The van der Waals surface area contributed by atoms with Gasteiger partial charge in [-0.2, -0.15) is 0 Å². The maximum absolute atomic E-state index is 10.9. The van der Waals surface area contributed by atoms with Crippen LogP contribution in [0.25, 0.3) is 0 Å². The van der Waals surface area contributed by atoms with Gasteiger partial charge in [-0.15, -0.1) is 0 Å². The number of aliphatic hydroxyl groups is 1. The third-order valence-electron chi connectivity index (χ3n) is 1.31. The normalized spacial score (nSPS) is 12.2. The molecule has 0 aliphatic heterocycles. The van der Waals surface area contributed by atoms with Gasteiger partial charge in [-0.1, -0.05) is 0 Å². The van der Waals surface area contributed by atoms with Crippen LogP contribution in [0.15, 0.2) is 0 Å². The highest BCUT2D eigenvalue weighted by Crippen LogP contribution is 2.18. The van der Waals surface area contributed by atoms with Gasteiger partial charge in [0.05, 0.1) is 13.0 Å². The van der Waals surface area contributed by atoms with E-state index in [0.29, 0.717) is 0 Å². The summed E-state index contributed by atoms with van der Waals surface area (Å²) < 4.78 is 15.2. The molecule has 6 heteroatoms. The fourth-order valence-electron chi connectivity index (χ4n) is 0.646. The van der Waals surface area contributed by atoms with Crippen molar-refractivity contribution in [1.82, 2.24) is 0 Å². The SMILES string of the molecule is CCOC(=O)C(=O)CC[PH](=O)CO. The molecule has 0 fully saturated rings. The molecule has 0 aromatic rings. The lowest BCUT2D eigenvalue weighted by Gasteiger charge is -1.99. The number of esters is 1. The molecule has 1 N–H and O–H groups in total. The number of aliphatic hydroxyl groups excluding tert-OH is 1. The Labute approximate surface area is 76.9 Å². The number of Topliss-reactive ketones (excluding diaryl/α,β-unsaturated/α-hetero) is 1. The van der Waals surface area contributed by atoms with Crippen molar-refractivity contribution >= 4 is 19.6 Å². The number of ether oxygens (including phenoxy) is 1. The van der Waals surface area contributed by atoms with Crippen LogP contribution in [0.2, 0.25) is 0 Å². The van der Waals surface area contributed by atoms with E-state index in [1.54, 1.807) is 6.92 Å². The largest absolute Gasteiger partial charge is 0.460 e. The van der Waals surface area contributed by atoms with Crippen LogP contribution in [0.5, 0.6) is 0 Å². The predicted octanol–water partition coefficient (Wildman–Crippen LogP) is 0.0182. The van der Waals surface area contributed by atoms with Crippen LogP contribution in [0.3, 0.4) is 0 Å². The van der Waals surface area contributed by atoms with E-state index in [1.165, 1.54) is 0 Å². The molecule has 0 saturated carbocycles. The van der Waals surface area contributed by atoms with Crippen molar-refractivity contribution in [3.8, 4) is 0 Å². The molecular weight excluding hydrogens is 195 g/mol. The van der Waals surface area contributed by atoms with Crippen molar-refractivity contribution < 1.29 is 24.0 Å². The summed E-state index contributed by atoms with van der Waals surface area (Å²) >= 11 is 0. The maximum atomic E-state index is 10.9. The summed E-state index contributed by atoms with van der Waals surface area (Å²) in [5, 5.41) is 8.39. The topological polar surface area (TPSA) is 80.7 Å².